The fourth-order valence-electron chi connectivity index (χ4n) is 3.66. The van der Waals surface area contributed by atoms with Crippen molar-refractivity contribution in [2.45, 2.75) is 44.1 Å². The summed E-state index contributed by atoms with van der Waals surface area (Å²) in [5.41, 5.74) is -0.621. The first-order valence-corrected chi connectivity index (χ1v) is 7.98. The lowest BCUT2D eigenvalue weighted by Gasteiger charge is -2.37. The molecular weight excluding hydrogens is 309 g/mol. The van der Waals surface area contributed by atoms with Crippen LogP contribution in [0.15, 0.2) is 18.3 Å². The molecule has 128 valence electrons. The number of hydrogen-bond donors (Lipinski definition) is 1. The minimum atomic E-state index is -4.40. The summed E-state index contributed by atoms with van der Waals surface area (Å²) in [5.74, 6) is -0.0377. The van der Waals surface area contributed by atoms with E-state index in [1.807, 2.05) is 4.90 Å². The van der Waals surface area contributed by atoms with Crippen LogP contribution in [0.3, 0.4) is 0 Å². The van der Waals surface area contributed by atoms with E-state index in [0.29, 0.717) is 19.6 Å². The molecule has 3 heterocycles. The number of rotatable bonds is 3. The molecule has 3 rings (SSSR count). The Kier molecular flexibility index (Phi) is 4.89. The highest BCUT2D eigenvalue weighted by Crippen LogP contribution is 2.34. The number of ether oxygens (including phenoxy) is 1. The number of alkyl halides is 3. The Morgan fingerprint density at radius 2 is 2.17 bits per heavy atom. The van der Waals surface area contributed by atoms with Gasteiger partial charge in [0.05, 0.1) is 24.0 Å². The monoisotopic (exact) mass is 330 g/mol. The van der Waals surface area contributed by atoms with E-state index < -0.39 is 17.8 Å². The van der Waals surface area contributed by atoms with Gasteiger partial charge in [-0.05, 0) is 37.9 Å². The van der Waals surface area contributed by atoms with Crippen LogP contribution in [0.5, 0.6) is 0 Å². The van der Waals surface area contributed by atoms with Crippen LogP contribution in [0.25, 0.3) is 0 Å². The summed E-state index contributed by atoms with van der Waals surface area (Å²) >= 11 is 0. The first kappa shape index (κ1) is 16.7. The number of nitrogens with zero attached hydrogens (tertiary/aromatic N) is 2. The predicted octanol–water partition coefficient (Wildman–Crippen LogP) is 2.46. The number of halogens is 3. The molecule has 0 saturated carbocycles. The Morgan fingerprint density at radius 1 is 1.35 bits per heavy atom. The first-order chi connectivity index (χ1) is 11.0. The van der Waals surface area contributed by atoms with E-state index >= 15 is 0 Å². The van der Waals surface area contributed by atoms with Gasteiger partial charge in [0.1, 0.15) is 0 Å². The standard InChI is InChI=1S/C16H21F3N2O2/c17-16(18,19)12-3-1-6-20-13(12)9-21-7-2-4-14(21)11-10-23-8-5-15(11)22/h1,3,6,11,14-15,22H,2,4-5,7-10H2. The summed E-state index contributed by atoms with van der Waals surface area (Å²) < 4.78 is 44.8. The smallest absolute Gasteiger partial charge is 0.393 e. The van der Waals surface area contributed by atoms with Crippen molar-refractivity contribution in [3.63, 3.8) is 0 Å². The molecular formula is C16H21F3N2O2. The highest BCUT2D eigenvalue weighted by Gasteiger charge is 2.39. The van der Waals surface area contributed by atoms with Crippen molar-refractivity contribution in [1.82, 2.24) is 9.88 Å². The maximum absolute atomic E-state index is 13.1. The second-order valence-electron chi connectivity index (χ2n) is 6.27. The molecule has 0 spiro atoms. The van der Waals surface area contributed by atoms with E-state index in [-0.39, 0.29) is 24.2 Å². The third-order valence-corrected chi connectivity index (χ3v) is 4.82. The lowest BCUT2D eigenvalue weighted by Crippen LogP contribution is -2.46. The average Bonchev–Trinajstić information content (AvgIpc) is 2.95. The molecule has 4 nitrogen and oxygen atoms in total. The largest absolute Gasteiger partial charge is 0.418 e. The van der Waals surface area contributed by atoms with E-state index in [1.165, 1.54) is 12.3 Å². The molecule has 1 aromatic heterocycles. The molecule has 7 heteroatoms. The summed E-state index contributed by atoms with van der Waals surface area (Å²) in [5, 5.41) is 10.2. The third kappa shape index (κ3) is 3.67. The molecule has 2 aliphatic rings. The van der Waals surface area contributed by atoms with Gasteiger partial charge in [-0.1, -0.05) is 0 Å². The molecule has 0 radical (unpaired) electrons. The number of pyridine rings is 1. The Labute approximate surface area is 133 Å². The first-order valence-electron chi connectivity index (χ1n) is 7.98. The van der Waals surface area contributed by atoms with Gasteiger partial charge < -0.3 is 9.84 Å². The van der Waals surface area contributed by atoms with Gasteiger partial charge in [0.15, 0.2) is 0 Å². The average molecular weight is 330 g/mol. The van der Waals surface area contributed by atoms with Gasteiger partial charge in [-0.2, -0.15) is 13.2 Å². The Balaban J connectivity index is 1.77. The van der Waals surface area contributed by atoms with Crippen molar-refractivity contribution < 1.29 is 23.0 Å². The minimum Gasteiger partial charge on any atom is -0.393 e. The summed E-state index contributed by atoms with van der Waals surface area (Å²) in [4.78, 5) is 5.97. The SMILES string of the molecule is OC1CCOCC1C1CCCN1Cc1ncccc1C(F)(F)F. The van der Waals surface area contributed by atoms with Crippen molar-refractivity contribution in [3.05, 3.63) is 29.6 Å². The van der Waals surface area contributed by atoms with Crippen molar-refractivity contribution in [2.75, 3.05) is 19.8 Å². The summed E-state index contributed by atoms with van der Waals surface area (Å²) in [6.45, 7) is 1.89. The third-order valence-electron chi connectivity index (χ3n) is 4.82. The maximum Gasteiger partial charge on any atom is 0.418 e. The normalized spacial score (nSPS) is 29.8. The van der Waals surface area contributed by atoms with Crippen molar-refractivity contribution in [3.8, 4) is 0 Å². The number of aromatic nitrogens is 1. The molecule has 0 amide bonds. The van der Waals surface area contributed by atoms with E-state index in [2.05, 4.69) is 4.98 Å². The highest BCUT2D eigenvalue weighted by molar-refractivity contribution is 5.23. The highest BCUT2D eigenvalue weighted by atomic mass is 19.4. The van der Waals surface area contributed by atoms with Gasteiger partial charge in [0.25, 0.3) is 0 Å². The topological polar surface area (TPSA) is 45.6 Å². The summed E-state index contributed by atoms with van der Waals surface area (Å²) in [6, 6.07) is 2.44. The quantitative estimate of drug-likeness (QED) is 0.925. The molecule has 0 bridgehead atoms. The lowest BCUT2D eigenvalue weighted by atomic mass is 9.89. The fourth-order valence-corrected chi connectivity index (χ4v) is 3.66. The van der Waals surface area contributed by atoms with Crippen LogP contribution in [-0.4, -0.2) is 46.9 Å². The number of hydrogen-bond acceptors (Lipinski definition) is 4. The Hall–Kier alpha value is -1.18. The van der Waals surface area contributed by atoms with Gasteiger partial charge in [-0.15, -0.1) is 0 Å². The molecule has 2 aliphatic heterocycles. The van der Waals surface area contributed by atoms with Gasteiger partial charge in [-0.3, -0.25) is 9.88 Å². The van der Waals surface area contributed by atoms with E-state index in [9.17, 15) is 18.3 Å². The lowest BCUT2D eigenvalue weighted by molar-refractivity contribution is -0.139. The molecule has 3 unspecified atom stereocenters. The molecule has 1 N–H and O–H groups in total. The number of likely N-dealkylation sites (tertiary alicyclic amines) is 1. The van der Waals surface area contributed by atoms with Gasteiger partial charge >= 0.3 is 6.18 Å². The van der Waals surface area contributed by atoms with Gasteiger partial charge in [0.2, 0.25) is 0 Å². The van der Waals surface area contributed by atoms with Crippen LogP contribution < -0.4 is 0 Å². The molecule has 2 fully saturated rings. The molecule has 3 atom stereocenters. The zero-order valence-electron chi connectivity index (χ0n) is 12.8. The van der Waals surface area contributed by atoms with Crippen molar-refractivity contribution in [2.24, 2.45) is 5.92 Å². The van der Waals surface area contributed by atoms with Crippen molar-refractivity contribution >= 4 is 0 Å². The summed E-state index contributed by atoms with van der Waals surface area (Å²) in [6.07, 6.45) is -1.06. The minimum absolute atomic E-state index is 0.0377. The van der Waals surface area contributed by atoms with E-state index in [4.69, 9.17) is 4.74 Å². The molecule has 0 aliphatic carbocycles. The van der Waals surface area contributed by atoms with Crippen LogP contribution in [0.1, 0.15) is 30.5 Å². The van der Waals surface area contributed by atoms with Crippen LogP contribution in [0, 0.1) is 5.92 Å². The fraction of sp³-hybridized carbons (Fsp3) is 0.688. The molecule has 2 saturated heterocycles. The van der Waals surface area contributed by atoms with Gasteiger partial charge in [-0.25, -0.2) is 0 Å². The Bertz CT molecular complexity index is 538. The zero-order chi connectivity index (χ0) is 16.4. The second-order valence-corrected chi connectivity index (χ2v) is 6.27. The number of aliphatic hydroxyl groups is 1. The van der Waals surface area contributed by atoms with Crippen molar-refractivity contribution in [1.29, 1.82) is 0 Å². The van der Waals surface area contributed by atoms with Gasteiger partial charge in [0, 0.05) is 31.3 Å². The van der Waals surface area contributed by atoms with E-state index in [1.54, 1.807) is 0 Å². The van der Waals surface area contributed by atoms with Crippen LogP contribution in [0.4, 0.5) is 13.2 Å². The van der Waals surface area contributed by atoms with Crippen LogP contribution in [0.2, 0.25) is 0 Å². The Morgan fingerprint density at radius 3 is 2.91 bits per heavy atom. The molecule has 0 aromatic carbocycles. The van der Waals surface area contributed by atoms with Crippen LogP contribution in [-0.2, 0) is 17.5 Å². The zero-order valence-corrected chi connectivity index (χ0v) is 12.8. The second kappa shape index (κ2) is 6.75. The predicted molar refractivity (Wildman–Crippen MR) is 77.6 cm³/mol. The molecule has 23 heavy (non-hydrogen) atoms. The van der Waals surface area contributed by atoms with E-state index in [0.717, 1.165) is 25.5 Å². The van der Waals surface area contributed by atoms with Crippen LogP contribution >= 0.6 is 0 Å². The maximum atomic E-state index is 13.1. The summed E-state index contributed by atoms with van der Waals surface area (Å²) in [7, 11) is 0. The molecule has 1 aromatic rings. The number of aliphatic hydroxyl groups excluding tert-OH is 1.